The molecule has 7 nitrogen and oxygen atoms in total. The smallest absolute Gasteiger partial charge is 0.374 e. The SMILES string of the molecule is COC(=O)c1occc1COC(=O)c1ccc(CN2CCCC2=O)cc1. The third-order valence-corrected chi connectivity index (χ3v) is 4.21. The van der Waals surface area contributed by atoms with Gasteiger partial charge >= 0.3 is 11.9 Å². The molecule has 1 fully saturated rings. The first-order valence-corrected chi connectivity index (χ1v) is 8.27. The summed E-state index contributed by atoms with van der Waals surface area (Å²) in [7, 11) is 1.25. The number of likely N-dealkylation sites (tertiary alicyclic amines) is 1. The molecular formula is C19H19NO6. The zero-order chi connectivity index (χ0) is 18.5. The Morgan fingerprint density at radius 2 is 1.92 bits per heavy atom. The van der Waals surface area contributed by atoms with E-state index < -0.39 is 11.9 Å². The van der Waals surface area contributed by atoms with Gasteiger partial charge in [-0.25, -0.2) is 9.59 Å². The first kappa shape index (κ1) is 17.7. The summed E-state index contributed by atoms with van der Waals surface area (Å²) < 4.78 is 14.9. The van der Waals surface area contributed by atoms with Crippen molar-refractivity contribution in [3.63, 3.8) is 0 Å². The first-order valence-electron chi connectivity index (χ1n) is 8.27. The minimum atomic E-state index is -0.623. The van der Waals surface area contributed by atoms with Crippen LogP contribution in [0.2, 0.25) is 0 Å². The van der Waals surface area contributed by atoms with Crippen molar-refractivity contribution < 1.29 is 28.3 Å². The van der Waals surface area contributed by atoms with Gasteiger partial charge in [-0.3, -0.25) is 4.79 Å². The van der Waals surface area contributed by atoms with E-state index in [-0.39, 0.29) is 18.3 Å². The highest BCUT2D eigenvalue weighted by atomic mass is 16.5. The number of rotatable bonds is 6. The van der Waals surface area contributed by atoms with Gasteiger partial charge in [0.25, 0.3) is 0 Å². The molecule has 26 heavy (non-hydrogen) atoms. The van der Waals surface area contributed by atoms with Gasteiger partial charge in [-0.2, -0.15) is 0 Å². The number of carbonyl (C=O) groups is 3. The van der Waals surface area contributed by atoms with Crippen LogP contribution in [0, 0.1) is 0 Å². The van der Waals surface area contributed by atoms with Gasteiger partial charge in [0.2, 0.25) is 11.7 Å². The second-order valence-corrected chi connectivity index (χ2v) is 5.96. The van der Waals surface area contributed by atoms with Crippen LogP contribution in [0.5, 0.6) is 0 Å². The predicted molar refractivity (Wildman–Crippen MR) is 90.3 cm³/mol. The van der Waals surface area contributed by atoms with Crippen LogP contribution in [-0.4, -0.2) is 36.4 Å². The lowest BCUT2D eigenvalue weighted by Gasteiger charge is -2.15. The average molecular weight is 357 g/mol. The number of esters is 2. The third-order valence-electron chi connectivity index (χ3n) is 4.21. The Morgan fingerprint density at radius 1 is 1.15 bits per heavy atom. The molecule has 1 aromatic carbocycles. The van der Waals surface area contributed by atoms with Crippen LogP contribution >= 0.6 is 0 Å². The largest absolute Gasteiger partial charge is 0.463 e. The number of amides is 1. The van der Waals surface area contributed by atoms with E-state index in [0.29, 0.717) is 24.1 Å². The quantitative estimate of drug-likeness (QED) is 0.739. The molecule has 1 saturated heterocycles. The minimum absolute atomic E-state index is 0.0194. The van der Waals surface area contributed by atoms with E-state index in [2.05, 4.69) is 4.74 Å². The molecule has 0 N–H and O–H groups in total. The van der Waals surface area contributed by atoms with E-state index in [4.69, 9.17) is 9.15 Å². The number of benzene rings is 1. The second kappa shape index (κ2) is 7.86. The van der Waals surface area contributed by atoms with Crippen LogP contribution in [0.4, 0.5) is 0 Å². The van der Waals surface area contributed by atoms with Crippen molar-refractivity contribution in [1.29, 1.82) is 0 Å². The Balaban J connectivity index is 1.57. The average Bonchev–Trinajstić information content (AvgIpc) is 3.29. The molecule has 0 atom stereocenters. The highest BCUT2D eigenvalue weighted by molar-refractivity contribution is 5.90. The summed E-state index contributed by atoms with van der Waals surface area (Å²) in [5, 5.41) is 0. The van der Waals surface area contributed by atoms with Crippen molar-refractivity contribution in [2.24, 2.45) is 0 Å². The number of furan rings is 1. The minimum Gasteiger partial charge on any atom is -0.463 e. The van der Waals surface area contributed by atoms with E-state index in [1.807, 2.05) is 0 Å². The van der Waals surface area contributed by atoms with Crippen LogP contribution < -0.4 is 0 Å². The Bertz CT molecular complexity index is 808. The maximum absolute atomic E-state index is 12.2. The Labute approximate surface area is 150 Å². The highest BCUT2D eigenvalue weighted by Gasteiger charge is 2.20. The zero-order valence-electron chi connectivity index (χ0n) is 14.4. The van der Waals surface area contributed by atoms with Gasteiger partial charge < -0.3 is 18.8 Å². The van der Waals surface area contributed by atoms with E-state index in [1.54, 1.807) is 35.2 Å². The summed E-state index contributed by atoms with van der Waals surface area (Å²) in [5.74, 6) is -0.950. The number of nitrogens with zero attached hydrogens (tertiary/aromatic N) is 1. The van der Waals surface area contributed by atoms with Crippen LogP contribution in [0.3, 0.4) is 0 Å². The fourth-order valence-corrected chi connectivity index (χ4v) is 2.79. The van der Waals surface area contributed by atoms with Gasteiger partial charge in [0, 0.05) is 25.1 Å². The van der Waals surface area contributed by atoms with Crippen molar-refractivity contribution in [2.75, 3.05) is 13.7 Å². The number of hydrogen-bond acceptors (Lipinski definition) is 6. The Kier molecular flexibility index (Phi) is 5.36. The van der Waals surface area contributed by atoms with Gasteiger partial charge in [-0.15, -0.1) is 0 Å². The molecule has 7 heteroatoms. The van der Waals surface area contributed by atoms with E-state index in [9.17, 15) is 14.4 Å². The molecule has 2 aromatic rings. The van der Waals surface area contributed by atoms with Gasteiger partial charge in [0.05, 0.1) is 18.9 Å². The number of carbonyl (C=O) groups excluding carboxylic acids is 3. The predicted octanol–water partition coefficient (Wildman–Crippen LogP) is 2.55. The topological polar surface area (TPSA) is 86.1 Å². The molecule has 2 heterocycles. The fraction of sp³-hybridized carbons (Fsp3) is 0.316. The standard InChI is InChI=1S/C19H19NO6/c1-24-19(23)17-15(8-10-25-17)12-26-18(22)14-6-4-13(5-7-14)11-20-9-2-3-16(20)21/h4-8,10H,2-3,9,11-12H2,1H3. The van der Waals surface area contributed by atoms with E-state index in [1.165, 1.54) is 13.4 Å². The molecule has 0 bridgehead atoms. The lowest BCUT2D eigenvalue weighted by Crippen LogP contribution is -2.23. The molecular weight excluding hydrogens is 338 g/mol. The normalized spacial score (nSPS) is 13.7. The van der Waals surface area contributed by atoms with Gasteiger partial charge in [0.15, 0.2) is 0 Å². The number of ether oxygens (including phenoxy) is 2. The Hall–Kier alpha value is -3.09. The van der Waals surface area contributed by atoms with E-state index >= 15 is 0 Å². The summed E-state index contributed by atoms with van der Waals surface area (Å²) in [6, 6.07) is 8.49. The molecule has 0 spiro atoms. The first-order chi connectivity index (χ1) is 12.6. The Morgan fingerprint density at radius 3 is 2.58 bits per heavy atom. The molecule has 1 aliphatic heterocycles. The molecule has 136 valence electrons. The summed E-state index contributed by atoms with van der Waals surface area (Å²) in [4.78, 5) is 37.2. The fourth-order valence-electron chi connectivity index (χ4n) is 2.79. The van der Waals surface area contributed by atoms with Crippen LogP contribution in [0.15, 0.2) is 41.0 Å². The van der Waals surface area contributed by atoms with Crippen molar-refractivity contribution >= 4 is 17.8 Å². The molecule has 0 saturated carbocycles. The number of hydrogen-bond donors (Lipinski definition) is 0. The molecule has 1 amide bonds. The maximum Gasteiger partial charge on any atom is 0.374 e. The summed E-state index contributed by atoms with van der Waals surface area (Å²) in [6.07, 6.45) is 2.83. The second-order valence-electron chi connectivity index (χ2n) is 5.96. The van der Waals surface area contributed by atoms with Crippen LogP contribution in [0.25, 0.3) is 0 Å². The third kappa shape index (κ3) is 3.93. The lowest BCUT2D eigenvalue weighted by atomic mass is 10.1. The van der Waals surface area contributed by atoms with Crippen molar-refractivity contribution in [3.8, 4) is 0 Å². The molecule has 1 aromatic heterocycles. The summed E-state index contributed by atoms with van der Waals surface area (Å²) >= 11 is 0. The van der Waals surface area contributed by atoms with Gasteiger partial charge in [0.1, 0.15) is 6.61 Å². The monoisotopic (exact) mass is 357 g/mol. The van der Waals surface area contributed by atoms with Crippen molar-refractivity contribution in [1.82, 2.24) is 4.90 Å². The molecule has 1 aliphatic rings. The maximum atomic E-state index is 12.2. The summed E-state index contributed by atoms with van der Waals surface area (Å²) in [5.41, 5.74) is 1.79. The summed E-state index contributed by atoms with van der Waals surface area (Å²) in [6.45, 7) is 1.23. The molecule has 0 aliphatic carbocycles. The van der Waals surface area contributed by atoms with E-state index in [0.717, 1.165) is 18.5 Å². The van der Waals surface area contributed by atoms with Gasteiger partial charge in [-0.05, 0) is 30.2 Å². The highest BCUT2D eigenvalue weighted by Crippen LogP contribution is 2.17. The lowest BCUT2D eigenvalue weighted by molar-refractivity contribution is -0.128. The van der Waals surface area contributed by atoms with Crippen LogP contribution in [0.1, 0.15) is 44.9 Å². The number of methoxy groups -OCH3 is 1. The van der Waals surface area contributed by atoms with Gasteiger partial charge in [-0.1, -0.05) is 12.1 Å². The zero-order valence-corrected chi connectivity index (χ0v) is 14.4. The van der Waals surface area contributed by atoms with Crippen molar-refractivity contribution in [2.45, 2.75) is 26.0 Å². The van der Waals surface area contributed by atoms with Crippen molar-refractivity contribution in [3.05, 3.63) is 59.0 Å². The molecule has 3 rings (SSSR count). The molecule has 0 unspecified atom stereocenters. The molecule has 0 radical (unpaired) electrons. The van der Waals surface area contributed by atoms with Crippen LogP contribution in [-0.2, 0) is 27.4 Å².